The van der Waals surface area contributed by atoms with Gasteiger partial charge in [0, 0.05) is 43.6 Å². The Bertz CT molecular complexity index is 926. The average molecular weight is 431 g/mol. The summed E-state index contributed by atoms with van der Waals surface area (Å²) < 4.78 is 5.16. The quantitative estimate of drug-likeness (QED) is 0.746. The lowest BCUT2D eigenvalue weighted by molar-refractivity contribution is 0.0746. The Balaban J connectivity index is 0.00000256. The Morgan fingerprint density at radius 2 is 1.77 bits per heavy atom. The number of pyridine rings is 1. The normalized spacial score (nSPS) is 18.8. The molecule has 2 aromatic rings. The van der Waals surface area contributed by atoms with Crippen LogP contribution in [0.15, 0.2) is 36.5 Å². The second kappa shape index (κ2) is 8.92. The van der Waals surface area contributed by atoms with Crippen molar-refractivity contribution in [3.63, 3.8) is 0 Å². The number of nitrogens with zero attached hydrogens (tertiary/aromatic N) is 4. The van der Waals surface area contributed by atoms with E-state index in [1.165, 1.54) is 0 Å². The highest BCUT2D eigenvalue weighted by atomic mass is 35.5. The third-order valence-corrected chi connectivity index (χ3v) is 5.44. The zero-order valence-electron chi connectivity index (χ0n) is 17.5. The SMILES string of the molecule is Cc1cnc(N2CCN(C(=O)c3ccc(N4CC(C)OC4=O)cc3)CC2)c(C)c1.Cl. The highest BCUT2D eigenvalue weighted by Gasteiger charge is 2.29. The maximum absolute atomic E-state index is 12.9. The van der Waals surface area contributed by atoms with E-state index < -0.39 is 0 Å². The van der Waals surface area contributed by atoms with E-state index in [2.05, 4.69) is 22.9 Å². The van der Waals surface area contributed by atoms with Crippen LogP contribution < -0.4 is 9.80 Å². The number of benzene rings is 1. The zero-order valence-corrected chi connectivity index (χ0v) is 18.3. The van der Waals surface area contributed by atoms with Crippen LogP contribution in [0.4, 0.5) is 16.3 Å². The largest absolute Gasteiger partial charge is 0.444 e. The summed E-state index contributed by atoms with van der Waals surface area (Å²) >= 11 is 0. The van der Waals surface area contributed by atoms with E-state index >= 15 is 0 Å². The molecule has 1 aromatic heterocycles. The van der Waals surface area contributed by atoms with E-state index in [-0.39, 0.29) is 30.5 Å². The van der Waals surface area contributed by atoms with E-state index in [4.69, 9.17) is 4.74 Å². The fourth-order valence-corrected chi connectivity index (χ4v) is 3.94. The van der Waals surface area contributed by atoms with Crippen molar-refractivity contribution < 1.29 is 14.3 Å². The molecule has 2 amide bonds. The molecule has 0 saturated carbocycles. The van der Waals surface area contributed by atoms with Gasteiger partial charge < -0.3 is 14.5 Å². The lowest BCUT2D eigenvalue weighted by Gasteiger charge is -2.36. The number of rotatable bonds is 3. The minimum Gasteiger partial charge on any atom is -0.444 e. The van der Waals surface area contributed by atoms with Gasteiger partial charge in [-0.3, -0.25) is 9.69 Å². The first-order valence-corrected chi connectivity index (χ1v) is 9.98. The number of aryl methyl sites for hydroxylation is 2. The second-order valence-corrected chi connectivity index (χ2v) is 7.78. The van der Waals surface area contributed by atoms with Crippen LogP contribution in [-0.4, -0.2) is 60.7 Å². The number of hydrogen-bond donors (Lipinski definition) is 0. The second-order valence-electron chi connectivity index (χ2n) is 7.78. The van der Waals surface area contributed by atoms with Crippen LogP contribution >= 0.6 is 12.4 Å². The summed E-state index contributed by atoms with van der Waals surface area (Å²) in [5.41, 5.74) is 3.70. The van der Waals surface area contributed by atoms with Crippen molar-refractivity contribution >= 4 is 35.9 Å². The molecule has 0 N–H and O–H groups in total. The third-order valence-electron chi connectivity index (χ3n) is 5.44. The van der Waals surface area contributed by atoms with E-state index in [1.807, 2.05) is 37.1 Å². The predicted molar refractivity (Wildman–Crippen MR) is 119 cm³/mol. The van der Waals surface area contributed by atoms with Crippen LogP contribution in [0, 0.1) is 13.8 Å². The summed E-state index contributed by atoms with van der Waals surface area (Å²) in [5, 5.41) is 0. The van der Waals surface area contributed by atoms with Crippen molar-refractivity contribution in [1.82, 2.24) is 9.88 Å². The number of carbonyl (C=O) groups excluding carboxylic acids is 2. The summed E-state index contributed by atoms with van der Waals surface area (Å²) in [7, 11) is 0. The summed E-state index contributed by atoms with van der Waals surface area (Å²) in [6.45, 7) is 9.35. The van der Waals surface area contributed by atoms with Gasteiger partial charge in [-0.05, 0) is 56.2 Å². The zero-order chi connectivity index (χ0) is 20.5. The van der Waals surface area contributed by atoms with Crippen molar-refractivity contribution in [2.45, 2.75) is 26.9 Å². The van der Waals surface area contributed by atoms with Crippen molar-refractivity contribution in [3.05, 3.63) is 53.2 Å². The highest BCUT2D eigenvalue weighted by molar-refractivity contribution is 5.96. The van der Waals surface area contributed by atoms with Crippen LogP contribution in [0.25, 0.3) is 0 Å². The van der Waals surface area contributed by atoms with E-state index in [1.54, 1.807) is 17.0 Å². The molecule has 0 bridgehead atoms. The minimum atomic E-state index is -0.340. The third kappa shape index (κ3) is 4.36. The molecule has 7 nitrogen and oxygen atoms in total. The number of carbonyl (C=O) groups is 2. The molecule has 1 atom stereocenters. The Morgan fingerprint density at radius 1 is 1.10 bits per heavy atom. The average Bonchev–Trinajstić information content (AvgIpc) is 3.06. The Morgan fingerprint density at radius 3 is 2.33 bits per heavy atom. The molecule has 8 heteroatoms. The lowest BCUT2D eigenvalue weighted by atomic mass is 10.1. The summed E-state index contributed by atoms with van der Waals surface area (Å²) in [4.78, 5) is 35.0. The maximum atomic E-state index is 12.9. The fraction of sp³-hybridized carbons (Fsp3) is 0.409. The molecule has 2 fully saturated rings. The van der Waals surface area contributed by atoms with Gasteiger partial charge in [0.1, 0.15) is 11.9 Å². The van der Waals surface area contributed by atoms with Gasteiger partial charge in [-0.15, -0.1) is 12.4 Å². The Labute approximate surface area is 183 Å². The molecule has 0 spiro atoms. The molecule has 30 heavy (non-hydrogen) atoms. The van der Waals surface area contributed by atoms with Gasteiger partial charge >= 0.3 is 6.09 Å². The highest BCUT2D eigenvalue weighted by Crippen LogP contribution is 2.23. The fourth-order valence-electron chi connectivity index (χ4n) is 3.94. The first-order chi connectivity index (χ1) is 13.9. The Hall–Kier alpha value is -2.80. The van der Waals surface area contributed by atoms with Crippen molar-refractivity contribution in [2.24, 2.45) is 0 Å². The first kappa shape index (κ1) is 21.9. The van der Waals surface area contributed by atoms with E-state index in [9.17, 15) is 9.59 Å². The van der Waals surface area contributed by atoms with Crippen LogP contribution in [0.5, 0.6) is 0 Å². The molecule has 1 unspecified atom stereocenters. The molecule has 0 radical (unpaired) electrons. The summed E-state index contributed by atoms with van der Waals surface area (Å²) in [6.07, 6.45) is 1.43. The number of halogens is 1. The number of aromatic nitrogens is 1. The van der Waals surface area contributed by atoms with Crippen LogP contribution in [-0.2, 0) is 4.74 Å². The van der Waals surface area contributed by atoms with Gasteiger partial charge in [-0.2, -0.15) is 0 Å². The monoisotopic (exact) mass is 430 g/mol. The standard InChI is InChI=1S/C22H26N4O3.ClH/c1-15-12-16(2)20(23-13-15)24-8-10-25(11-9-24)21(27)18-4-6-19(7-5-18)26-14-17(3)29-22(26)28;/h4-7,12-13,17H,8-11,14H2,1-3H3;1H. The first-order valence-electron chi connectivity index (χ1n) is 9.98. The number of anilines is 2. The van der Waals surface area contributed by atoms with Gasteiger partial charge in [0.2, 0.25) is 0 Å². The molecule has 4 rings (SSSR count). The van der Waals surface area contributed by atoms with Crippen molar-refractivity contribution in [2.75, 3.05) is 42.5 Å². The molecule has 3 heterocycles. The number of ether oxygens (including phenoxy) is 1. The summed E-state index contributed by atoms with van der Waals surface area (Å²) in [5.74, 6) is 1.01. The van der Waals surface area contributed by atoms with E-state index in [0.717, 1.165) is 35.7 Å². The van der Waals surface area contributed by atoms with E-state index in [0.29, 0.717) is 25.2 Å². The molecule has 2 saturated heterocycles. The molecular weight excluding hydrogens is 404 g/mol. The number of amides is 2. The summed E-state index contributed by atoms with van der Waals surface area (Å²) in [6, 6.07) is 9.32. The van der Waals surface area contributed by atoms with Crippen LogP contribution in [0.1, 0.15) is 28.4 Å². The Kier molecular flexibility index (Phi) is 6.51. The topological polar surface area (TPSA) is 66.0 Å². The van der Waals surface area contributed by atoms with Crippen molar-refractivity contribution in [3.8, 4) is 0 Å². The number of piperazine rings is 1. The van der Waals surface area contributed by atoms with Gasteiger partial charge in [0.15, 0.2) is 0 Å². The lowest BCUT2D eigenvalue weighted by Crippen LogP contribution is -2.49. The molecular formula is C22H27ClN4O3. The number of hydrogen-bond acceptors (Lipinski definition) is 5. The van der Waals surface area contributed by atoms with Crippen LogP contribution in [0.2, 0.25) is 0 Å². The van der Waals surface area contributed by atoms with Gasteiger partial charge in [-0.25, -0.2) is 9.78 Å². The predicted octanol–water partition coefficient (Wildman–Crippen LogP) is 3.43. The maximum Gasteiger partial charge on any atom is 0.414 e. The van der Waals surface area contributed by atoms with Gasteiger partial charge in [0.05, 0.1) is 6.54 Å². The van der Waals surface area contributed by atoms with Gasteiger partial charge in [0.25, 0.3) is 5.91 Å². The molecule has 2 aliphatic heterocycles. The number of cyclic esters (lactones) is 1. The van der Waals surface area contributed by atoms with Crippen molar-refractivity contribution in [1.29, 1.82) is 0 Å². The smallest absolute Gasteiger partial charge is 0.414 e. The minimum absolute atomic E-state index is 0. The molecule has 1 aromatic carbocycles. The van der Waals surface area contributed by atoms with Crippen LogP contribution in [0.3, 0.4) is 0 Å². The molecule has 2 aliphatic rings. The molecule has 160 valence electrons. The molecule has 0 aliphatic carbocycles. The van der Waals surface area contributed by atoms with Gasteiger partial charge in [-0.1, -0.05) is 6.07 Å².